The fourth-order valence-corrected chi connectivity index (χ4v) is 2.23. The summed E-state index contributed by atoms with van der Waals surface area (Å²) in [7, 11) is 0. The minimum atomic E-state index is -0.419. The smallest absolute Gasteiger partial charge is 0.272 e. The summed E-state index contributed by atoms with van der Waals surface area (Å²) in [5, 5.41) is 13.0. The molecule has 2 aromatic rings. The van der Waals surface area contributed by atoms with Crippen LogP contribution in [-0.2, 0) is 0 Å². The third-order valence-electron chi connectivity index (χ3n) is 2.28. The molecule has 0 saturated carbocycles. The molecule has 0 saturated heterocycles. The minimum absolute atomic E-state index is 0.0842. The summed E-state index contributed by atoms with van der Waals surface area (Å²) < 4.78 is 0. The lowest BCUT2D eigenvalue weighted by atomic mass is 10.1. The summed E-state index contributed by atoms with van der Waals surface area (Å²) in [5.74, 6) is 0. The number of hydrogen-bond acceptors (Lipinski definition) is 5. The van der Waals surface area contributed by atoms with Crippen LogP contribution >= 0.6 is 11.3 Å². The van der Waals surface area contributed by atoms with Crippen molar-refractivity contribution in [2.24, 2.45) is 0 Å². The Labute approximate surface area is 101 Å². The molecule has 2 rings (SSSR count). The van der Waals surface area contributed by atoms with Crippen molar-refractivity contribution in [3.8, 4) is 10.6 Å². The Morgan fingerprint density at radius 1 is 1.47 bits per heavy atom. The van der Waals surface area contributed by atoms with Gasteiger partial charge in [-0.05, 0) is 19.1 Å². The van der Waals surface area contributed by atoms with E-state index in [-0.39, 0.29) is 5.69 Å². The predicted octanol–water partition coefficient (Wildman–Crippen LogP) is 2.84. The van der Waals surface area contributed by atoms with Gasteiger partial charge >= 0.3 is 0 Å². The molecule has 17 heavy (non-hydrogen) atoms. The standard InChI is InChI=1S/C11H8N2O3S/c1-7-4-8(2-3-10(7)13(15)16)11-12-9(5-14)6-17-11/h2-6H,1H3. The number of nitrogens with zero attached hydrogens (tertiary/aromatic N) is 2. The molecule has 0 aliphatic carbocycles. The van der Waals surface area contributed by atoms with E-state index in [1.54, 1.807) is 24.4 Å². The molecule has 0 N–H and O–H groups in total. The van der Waals surface area contributed by atoms with Gasteiger partial charge in [-0.1, -0.05) is 0 Å². The number of aromatic nitrogens is 1. The molecule has 6 heteroatoms. The Morgan fingerprint density at radius 3 is 2.76 bits per heavy atom. The summed E-state index contributed by atoms with van der Waals surface area (Å²) in [4.78, 5) is 24.9. The molecule has 86 valence electrons. The molecule has 0 spiro atoms. The van der Waals surface area contributed by atoms with Crippen LogP contribution in [0.25, 0.3) is 10.6 Å². The van der Waals surface area contributed by atoms with Crippen LogP contribution < -0.4 is 0 Å². The number of nitro groups is 1. The molecule has 0 atom stereocenters. The van der Waals surface area contributed by atoms with E-state index in [0.29, 0.717) is 22.6 Å². The van der Waals surface area contributed by atoms with Crippen molar-refractivity contribution in [2.75, 3.05) is 0 Å². The summed E-state index contributed by atoms with van der Waals surface area (Å²) in [5.41, 5.74) is 1.82. The molecule has 1 aromatic heterocycles. The highest BCUT2D eigenvalue weighted by molar-refractivity contribution is 7.13. The third kappa shape index (κ3) is 2.21. The molecule has 0 amide bonds. The van der Waals surface area contributed by atoms with Crippen LogP contribution in [0.15, 0.2) is 23.6 Å². The Morgan fingerprint density at radius 2 is 2.24 bits per heavy atom. The quantitative estimate of drug-likeness (QED) is 0.475. The van der Waals surface area contributed by atoms with Gasteiger partial charge in [0, 0.05) is 22.6 Å². The zero-order valence-electron chi connectivity index (χ0n) is 8.91. The van der Waals surface area contributed by atoms with Crippen molar-refractivity contribution in [3.05, 3.63) is 45.0 Å². The first-order valence-corrected chi connectivity index (χ1v) is 5.66. The average Bonchev–Trinajstić information content (AvgIpc) is 2.76. The monoisotopic (exact) mass is 248 g/mol. The van der Waals surface area contributed by atoms with E-state index in [4.69, 9.17) is 0 Å². The SMILES string of the molecule is Cc1cc(-c2nc(C=O)cs2)ccc1[N+](=O)[O-]. The van der Waals surface area contributed by atoms with Crippen LogP contribution in [0.3, 0.4) is 0 Å². The Bertz CT molecular complexity index is 592. The topological polar surface area (TPSA) is 73.1 Å². The van der Waals surface area contributed by atoms with E-state index in [1.807, 2.05) is 0 Å². The first kappa shape index (κ1) is 11.4. The van der Waals surface area contributed by atoms with Gasteiger partial charge in [0.25, 0.3) is 5.69 Å². The Balaban J connectivity index is 2.43. The number of carbonyl (C=O) groups is 1. The summed E-state index contributed by atoms with van der Waals surface area (Å²) >= 11 is 1.34. The number of carbonyl (C=O) groups excluding carboxylic acids is 1. The van der Waals surface area contributed by atoms with Gasteiger partial charge in [0.05, 0.1) is 4.92 Å². The minimum Gasteiger partial charge on any atom is -0.296 e. The van der Waals surface area contributed by atoms with Gasteiger partial charge in [-0.3, -0.25) is 14.9 Å². The molecule has 0 aliphatic heterocycles. The average molecular weight is 248 g/mol. The van der Waals surface area contributed by atoms with Crippen LogP contribution in [0.4, 0.5) is 5.69 Å². The second-order valence-corrected chi connectivity index (χ2v) is 4.31. The van der Waals surface area contributed by atoms with Gasteiger partial charge in [0.15, 0.2) is 6.29 Å². The van der Waals surface area contributed by atoms with Gasteiger partial charge < -0.3 is 0 Å². The molecule has 0 fully saturated rings. The number of benzene rings is 1. The Hall–Kier alpha value is -2.08. The molecule has 1 aromatic carbocycles. The van der Waals surface area contributed by atoms with Gasteiger partial charge in [-0.2, -0.15) is 0 Å². The van der Waals surface area contributed by atoms with Crippen LogP contribution in [0.5, 0.6) is 0 Å². The normalized spacial score (nSPS) is 10.2. The van der Waals surface area contributed by atoms with E-state index in [2.05, 4.69) is 4.98 Å². The van der Waals surface area contributed by atoms with Crippen molar-refractivity contribution in [1.29, 1.82) is 0 Å². The van der Waals surface area contributed by atoms with Gasteiger partial charge in [-0.15, -0.1) is 11.3 Å². The largest absolute Gasteiger partial charge is 0.296 e. The number of rotatable bonds is 3. The van der Waals surface area contributed by atoms with Crippen molar-refractivity contribution in [1.82, 2.24) is 4.98 Å². The molecule has 0 aliphatic rings. The lowest BCUT2D eigenvalue weighted by Gasteiger charge is -1.99. The van der Waals surface area contributed by atoms with E-state index < -0.39 is 4.92 Å². The molecule has 1 heterocycles. The highest BCUT2D eigenvalue weighted by Crippen LogP contribution is 2.27. The lowest BCUT2D eigenvalue weighted by molar-refractivity contribution is -0.385. The number of hydrogen-bond donors (Lipinski definition) is 0. The van der Waals surface area contributed by atoms with Gasteiger partial charge in [0.1, 0.15) is 10.7 Å². The van der Waals surface area contributed by atoms with Crippen LogP contribution in [0.1, 0.15) is 16.1 Å². The second-order valence-electron chi connectivity index (χ2n) is 3.45. The van der Waals surface area contributed by atoms with Crippen LogP contribution in [0.2, 0.25) is 0 Å². The van der Waals surface area contributed by atoms with E-state index in [1.165, 1.54) is 17.4 Å². The van der Waals surface area contributed by atoms with E-state index in [9.17, 15) is 14.9 Å². The van der Waals surface area contributed by atoms with Crippen molar-refractivity contribution < 1.29 is 9.72 Å². The maximum Gasteiger partial charge on any atom is 0.272 e. The molecular weight excluding hydrogens is 240 g/mol. The van der Waals surface area contributed by atoms with Crippen LogP contribution in [-0.4, -0.2) is 16.2 Å². The molecule has 0 bridgehead atoms. The fourth-order valence-electron chi connectivity index (χ4n) is 1.47. The molecule has 0 unspecified atom stereocenters. The van der Waals surface area contributed by atoms with Gasteiger partial charge in [0.2, 0.25) is 0 Å². The van der Waals surface area contributed by atoms with Crippen LogP contribution in [0, 0.1) is 17.0 Å². The lowest BCUT2D eigenvalue weighted by Crippen LogP contribution is -1.91. The first-order chi connectivity index (χ1) is 8.11. The maximum absolute atomic E-state index is 10.7. The zero-order valence-corrected chi connectivity index (χ0v) is 9.73. The molecule has 5 nitrogen and oxygen atoms in total. The summed E-state index contributed by atoms with van der Waals surface area (Å²) in [6, 6.07) is 4.79. The van der Waals surface area contributed by atoms with Gasteiger partial charge in [-0.25, -0.2) is 4.98 Å². The van der Waals surface area contributed by atoms with E-state index in [0.717, 1.165) is 5.56 Å². The third-order valence-corrected chi connectivity index (χ3v) is 3.19. The second kappa shape index (κ2) is 4.42. The molecule has 0 radical (unpaired) electrons. The van der Waals surface area contributed by atoms with Crippen molar-refractivity contribution in [2.45, 2.75) is 6.92 Å². The number of thiazole rings is 1. The number of aryl methyl sites for hydroxylation is 1. The summed E-state index contributed by atoms with van der Waals surface area (Å²) in [6.45, 7) is 1.68. The number of nitro benzene ring substituents is 1. The Kier molecular flexibility index (Phi) is 2.97. The van der Waals surface area contributed by atoms with E-state index >= 15 is 0 Å². The fraction of sp³-hybridized carbons (Fsp3) is 0.0909. The number of aldehydes is 1. The highest BCUT2D eigenvalue weighted by atomic mass is 32.1. The van der Waals surface area contributed by atoms with Crippen molar-refractivity contribution in [3.63, 3.8) is 0 Å². The maximum atomic E-state index is 10.7. The molecular formula is C11H8N2O3S. The summed E-state index contributed by atoms with van der Waals surface area (Å²) in [6.07, 6.45) is 0.679. The predicted molar refractivity (Wildman–Crippen MR) is 64.3 cm³/mol. The highest BCUT2D eigenvalue weighted by Gasteiger charge is 2.12. The zero-order chi connectivity index (χ0) is 12.4. The first-order valence-electron chi connectivity index (χ1n) is 4.78. The van der Waals surface area contributed by atoms with Crippen molar-refractivity contribution >= 4 is 23.3 Å².